The monoisotopic (exact) mass is 309 g/mol. The minimum absolute atomic E-state index is 0.0319. The number of aryl methyl sites for hydroxylation is 1. The minimum Gasteiger partial charge on any atom is -0.322 e. The van der Waals surface area contributed by atoms with Crippen LogP contribution in [0.5, 0.6) is 0 Å². The Hall–Kier alpha value is -1.26. The Morgan fingerprint density at radius 3 is 2.67 bits per heavy atom. The standard InChI is InChI=1S/C16H24ClN3O/c1-3-4-7-19-8-10-20(11-9-19)16(21)18-15-12-14(17)6-5-13(15)2/h5-6,12H,3-4,7-11H2,1-2H3,(H,18,21). The quantitative estimate of drug-likeness (QED) is 0.922. The third-order valence-corrected chi connectivity index (χ3v) is 4.16. The molecule has 1 N–H and O–H groups in total. The van der Waals surface area contributed by atoms with Crippen LogP contribution in [0.4, 0.5) is 10.5 Å². The maximum absolute atomic E-state index is 12.3. The number of hydrogen-bond donors (Lipinski definition) is 1. The van der Waals surface area contributed by atoms with Gasteiger partial charge >= 0.3 is 6.03 Å². The zero-order valence-electron chi connectivity index (χ0n) is 12.9. The first-order valence-electron chi connectivity index (χ1n) is 7.64. The van der Waals surface area contributed by atoms with Crippen molar-refractivity contribution in [3.8, 4) is 0 Å². The lowest BCUT2D eigenvalue weighted by molar-refractivity contribution is 0.146. The molecule has 0 aromatic heterocycles. The highest BCUT2D eigenvalue weighted by Gasteiger charge is 2.21. The molecule has 1 aromatic carbocycles. The fraction of sp³-hybridized carbons (Fsp3) is 0.562. The second-order valence-corrected chi connectivity index (χ2v) is 6.01. The summed E-state index contributed by atoms with van der Waals surface area (Å²) in [6.45, 7) is 8.80. The van der Waals surface area contributed by atoms with Gasteiger partial charge in [0.15, 0.2) is 0 Å². The van der Waals surface area contributed by atoms with Crippen LogP contribution in [0.3, 0.4) is 0 Å². The molecule has 21 heavy (non-hydrogen) atoms. The van der Waals surface area contributed by atoms with E-state index in [1.807, 2.05) is 24.0 Å². The summed E-state index contributed by atoms with van der Waals surface area (Å²) in [5, 5.41) is 3.60. The zero-order chi connectivity index (χ0) is 15.2. The molecular weight excluding hydrogens is 286 g/mol. The summed E-state index contributed by atoms with van der Waals surface area (Å²) in [7, 11) is 0. The smallest absolute Gasteiger partial charge is 0.321 e. The molecule has 1 saturated heterocycles. The maximum atomic E-state index is 12.3. The lowest BCUT2D eigenvalue weighted by atomic mass is 10.2. The molecule has 0 unspecified atom stereocenters. The van der Waals surface area contributed by atoms with E-state index in [2.05, 4.69) is 17.1 Å². The van der Waals surface area contributed by atoms with Gasteiger partial charge in [-0.2, -0.15) is 0 Å². The van der Waals surface area contributed by atoms with E-state index in [4.69, 9.17) is 11.6 Å². The second-order valence-electron chi connectivity index (χ2n) is 5.57. The predicted molar refractivity (Wildman–Crippen MR) is 88.1 cm³/mol. The molecule has 0 aliphatic carbocycles. The molecule has 5 heteroatoms. The van der Waals surface area contributed by atoms with Crippen LogP contribution >= 0.6 is 11.6 Å². The number of nitrogens with one attached hydrogen (secondary N) is 1. The number of unbranched alkanes of at least 4 members (excludes halogenated alkanes) is 1. The van der Waals surface area contributed by atoms with Gasteiger partial charge in [-0.05, 0) is 37.6 Å². The molecule has 0 bridgehead atoms. The lowest BCUT2D eigenvalue weighted by Gasteiger charge is -2.34. The number of rotatable bonds is 4. The number of halogens is 1. The van der Waals surface area contributed by atoms with Gasteiger partial charge in [0.1, 0.15) is 0 Å². The van der Waals surface area contributed by atoms with E-state index in [-0.39, 0.29) is 6.03 Å². The van der Waals surface area contributed by atoms with E-state index in [0.717, 1.165) is 44.0 Å². The molecule has 1 heterocycles. The highest BCUT2D eigenvalue weighted by atomic mass is 35.5. The van der Waals surface area contributed by atoms with Crippen molar-refractivity contribution in [2.45, 2.75) is 26.7 Å². The Labute approximate surface area is 132 Å². The van der Waals surface area contributed by atoms with Crippen LogP contribution in [-0.4, -0.2) is 48.6 Å². The van der Waals surface area contributed by atoms with Gasteiger partial charge in [-0.25, -0.2) is 4.79 Å². The Balaban J connectivity index is 1.86. The number of anilines is 1. The molecule has 0 saturated carbocycles. The van der Waals surface area contributed by atoms with Crippen LogP contribution in [0, 0.1) is 6.92 Å². The van der Waals surface area contributed by atoms with E-state index in [9.17, 15) is 4.79 Å². The van der Waals surface area contributed by atoms with Crippen molar-refractivity contribution in [1.29, 1.82) is 0 Å². The average Bonchev–Trinajstić information content (AvgIpc) is 2.49. The third-order valence-electron chi connectivity index (χ3n) is 3.93. The maximum Gasteiger partial charge on any atom is 0.321 e. The van der Waals surface area contributed by atoms with Gasteiger partial charge in [-0.3, -0.25) is 4.90 Å². The number of carbonyl (C=O) groups is 1. The van der Waals surface area contributed by atoms with Gasteiger partial charge in [-0.15, -0.1) is 0 Å². The van der Waals surface area contributed by atoms with E-state index >= 15 is 0 Å². The van der Waals surface area contributed by atoms with Crippen LogP contribution in [0.15, 0.2) is 18.2 Å². The van der Waals surface area contributed by atoms with E-state index in [1.54, 1.807) is 6.07 Å². The van der Waals surface area contributed by atoms with Crippen LogP contribution < -0.4 is 5.32 Å². The van der Waals surface area contributed by atoms with Crippen LogP contribution in [0.1, 0.15) is 25.3 Å². The fourth-order valence-corrected chi connectivity index (χ4v) is 2.65. The van der Waals surface area contributed by atoms with E-state index in [0.29, 0.717) is 5.02 Å². The van der Waals surface area contributed by atoms with Crippen molar-refractivity contribution in [1.82, 2.24) is 9.80 Å². The molecule has 4 nitrogen and oxygen atoms in total. The molecule has 2 amide bonds. The number of carbonyl (C=O) groups excluding carboxylic acids is 1. The van der Waals surface area contributed by atoms with Gasteiger partial charge < -0.3 is 10.2 Å². The summed E-state index contributed by atoms with van der Waals surface area (Å²) in [5.41, 5.74) is 1.82. The van der Waals surface area contributed by atoms with Crippen molar-refractivity contribution in [3.63, 3.8) is 0 Å². The normalized spacial score (nSPS) is 16.0. The molecule has 2 rings (SSSR count). The number of urea groups is 1. The first kappa shape index (κ1) is 16.1. The number of piperazine rings is 1. The summed E-state index contributed by atoms with van der Waals surface area (Å²) >= 11 is 5.98. The zero-order valence-corrected chi connectivity index (χ0v) is 13.6. The molecular formula is C16H24ClN3O. The summed E-state index contributed by atoms with van der Waals surface area (Å²) in [6.07, 6.45) is 2.45. The van der Waals surface area contributed by atoms with E-state index < -0.39 is 0 Å². The molecule has 1 aromatic rings. The van der Waals surface area contributed by atoms with Crippen molar-refractivity contribution >= 4 is 23.3 Å². The molecule has 1 fully saturated rings. The lowest BCUT2D eigenvalue weighted by Crippen LogP contribution is -2.50. The predicted octanol–water partition coefficient (Wildman–Crippen LogP) is 3.60. The van der Waals surface area contributed by atoms with Gasteiger partial charge in [0.25, 0.3) is 0 Å². The first-order chi connectivity index (χ1) is 10.1. The molecule has 1 aliphatic rings. The van der Waals surface area contributed by atoms with Crippen molar-refractivity contribution < 1.29 is 4.79 Å². The number of hydrogen-bond acceptors (Lipinski definition) is 2. The van der Waals surface area contributed by atoms with Crippen molar-refractivity contribution in [3.05, 3.63) is 28.8 Å². The minimum atomic E-state index is -0.0319. The molecule has 1 aliphatic heterocycles. The first-order valence-corrected chi connectivity index (χ1v) is 8.02. The summed E-state index contributed by atoms with van der Waals surface area (Å²) in [4.78, 5) is 16.6. The average molecular weight is 310 g/mol. The third kappa shape index (κ3) is 4.61. The molecule has 116 valence electrons. The Morgan fingerprint density at radius 2 is 2.00 bits per heavy atom. The van der Waals surface area contributed by atoms with Gasteiger partial charge in [0, 0.05) is 36.9 Å². The van der Waals surface area contributed by atoms with Crippen molar-refractivity contribution in [2.75, 3.05) is 38.0 Å². The van der Waals surface area contributed by atoms with Gasteiger partial charge in [-0.1, -0.05) is 31.0 Å². The van der Waals surface area contributed by atoms with Crippen molar-refractivity contribution in [2.24, 2.45) is 0 Å². The number of amides is 2. The number of nitrogens with zero attached hydrogens (tertiary/aromatic N) is 2. The highest BCUT2D eigenvalue weighted by Crippen LogP contribution is 2.20. The largest absolute Gasteiger partial charge is 0.322 e. The highest BCUT2D eigenvalue weighted by molar-refractivity contribution is 6.31. The SMILES string of the molecule is CCCCN1CCN(C(=O)Nc2cc(Cl)ccc2C)CC1. The molecule has 0 atom stereocenters. The van der Waals surface area contributed by atoms with Crippen LogP contribution in [0.2, 0.25) is 5.02 Å². The number of benzene rings is 1. The Bertz CT molecular complexity index is 484. The van der Waals surface area contributed by atoms with Gasteiger partial charge in [0.05, 0.1) is 0 Å². The van der Waals surface area contributed by atoms with Crippen LogP contribution in [0.25, 0.3) is 0 Å². The topological polar surface area (TPSA) is 35.6 Å². The molecule has 0 radical (unpaired) electrons. The van der Waals surface area contributed by atoms with E-state index in [1.165, 1.54) is 12.8 Å². The second kappa shape index (κ2) is 7.66. The molecule has 0 spiro atoms. The summed E-state index contributed by atoms with van der Waals surface area (Å²) in [6, 6.07) is 5.52. The van der Waals surface area contributed by atoms with Crippen LogP contribution in [-0.2, 0) is 0 Å². The summed E-state index contributed by atoms with van der Waals surface area (Å²) < 4.78 is 0. The summed E-state index contributed by atoms with van der Waals surface area (Å²) in [5.74, 6) is 0. The Morgan fingerprint density at radius 1 is 1.29 bits per heavy atom. The Kier molecular flexibility index (Phi) is 5.88. The van der Waals surface area contributed by atoms with Gasteiger partial charge in [0.2, 0.25) is 0 Å². The fourth-order valence-electron chi connectivity index (χ4n) is 2.48.